The summed E-state index contributed by atoms with van der Waals surface area (Å²) in [5, 5.41) is 1.99. The summed E-state index contributed by atoms with van der Waals surface area (Å²) in [5.74, 6) is 1.81. The molecule has 0 saturated carbocycles. The Morgan fingerprint density at radius 3 is 1.43 bits per heavy atom. The van der Waals surface area contributed by atoms with E-state index >= 15 is 0 Å². The molecule has 7 aromatic carbocycles. The van der Waals surface area contributed by atoms with Crippen LogP contribution in [0.3, 0.4) is 0 Å². The lowest BCUT2D eigenvalue weighted by molar-refractivity contribution is 0.671. The predicted octanol–water partition coefficient (Wildman–Crippen LogP) is 11.8. The third-order valence-electron chi connectivity index (χ3n) is 8.95. The van der Waals surface area contributed by atoms with Crippen molar-refractivity contribution in [2.24, 2.45) is 0 Å². The van der Waals surface area contributed by atoms with E-state index in [-0.39, 0.29) is 0 Å². The Bertz CT molecular complexity index is 2580. The fraction of sp³-hybridized carbons (Fsp3) is 0. The molecule has 0 unspecified atom stereocenters. The van der Waals surface area contributed by atoms with Gasteiger partial charge in [-0.05, 0) is 40.5 Å². The first-order valence-corrected chi connectivity index (χ1v) is 16.4. The third-order valence-corrected chi connectivity index (χ3v) is 8.95. The first kappa shape index (κ1) is 28.6. The molecular weight excluding hydrogens is 599 g/mol. The zero-order chi connectivity index (χ0) is 32.6. The molecule has 0 aliphatic carbocycles. The van der Waals surface area contributed by atoms with Crippen molar-refractivity contribution in [2.45, 2.75) is 0 Å². The quantitative estimate of drug-likeness (QED) is 0.184. The molecule has 2 heterocycles. The average molecular weight is 628 g/mol. The maximum absolute atomic E-state index is 6.91. The summed E-state index contributed by atoms with van der Waals surface area (Å²) in [6, 6.07) is 60.2. The number of nitrogens with zero attached hydrogens (tertiary/aromatic N) is 3. The minimum Gasteiger partial charge on any atom is -0.455 e. The zero-order valence-electron chi connectivity index (χ0n) is 26.5. The second-order valence-electron chi connectivity index (χ2n) is 12.0. The van der Waals surface area contributed by atoms with E-state index in [0.29, 0.717) is 17.5 Å². The van der Waals surface area contributed by atoms with Crippen LogP contribution in [0.25, 0.3) is 89.5 Å². The SMILES string of the molecule is c1ccc(-c2cccc(-c3nc(-c4ccccc4)nc(-c4ccc(-c5ccccc5)c5oc6c(-c7ccccc7)cccc6c45)n3)c2)cc1. The molecule has 4 nitrogen and oxygen atoms in total. The molecule has 0 aliphatic rings. The van der Waals surface area contributed by atoms with E-state index in [0.717, 1.165) is 72.0 Å². The maximum atomic E-state index is 6.91. The van der Waals surface area contributed by atoms with Gasteiger partial charge in [-0.15, -0.1) is 0 Å². The Kier molecular flexibility index (Phi) is 7.10. The molecule has 0 saturated heterocycles. The lowest BCUT2D eigenvalue weighted by Crippen LogP contribution is -2.00. The van der Waals surface area contributed by atoms with Crippen molar-refractivity contribution in [3.05, 3.63) is 176 Å². The molecule has 0 N–H and O–H groups in total. The number of furan rings is 1. The van der Waals surface area contributed by atoms with E-state index in [1.807, 2.05) is 48.5 Å². The van der Waals surface area contributed by atoms with Crippen LogP contribution in [0.2, 0.25) is 0 Å². The molecule has 0 radical (unpaired) electrons. The number of aromatic nitrogens is 3. The molecule has 230 valence electrons. The van der Waals surface area contributed by atoms with Gasteiger partial charge < -0.3 is 4.42 Å². The average Bonchev–Trinajstić information content (AvgIpc) is 3.59. The van der Waals surface area contributed by atoms with Gasteiger partial charge in [-0.3, -0.25) is 0 Å². The Labute approximate surface area is 284 Å². The second-order valence-corrected chi connectivity index (χ2v) is 12.0. The summed E-state index contributed by atoms with van der Waals surface area (Å²) < 4.78 is 6.91. The van der Waals surface area contributed by atoms with E-state index in [1.165, 1.54) is 0 Å². The summed E-state index contributed by atoms with van der Waals surface area (Å²) in [5.41, 5.74) is 10.8. The largest absolute Gasteiger partial charge is 0.455 e. The molecular formula is C45H29N3O. The molecule has 2 aromatic heterocycles. The number of rotatable bonds is 6. The zero-order valence-corrected chi connectivity index (χ0v) is 26.5. The van der Waals surface area contributed by atoms with Crippen LogP contribution in [0.5, 0.6) is 0 Å². The molecule has 0 spiro atoms. The highest BCUT2D eigenvalue weighted by molar-refractivity contribution is 6.18. The topological polar surface area (TPSA) is 51.8 Å². The van der Waals surface area contributed by atoms with Crippen LogP contribution in [-0.4, -0.2) is 15.0 Å². The van der Waals surface area contributed by atoms with Crippen LogP contribution in [-0.2, 0) is 0 Å². The summed E-state index contributed by atoms with van der Waals surface area (Å²) in [6.45, 7) is 0. The van der Waals surface area contributed by atoms with Crippen LogP contribution in [0.4, 0.5) is 0 Å². The highest BCUT2D eigenvalue weighted by Gasteiger charge is 2.22. The predicted molar refractivity (Wildman–Crippen MR) is 200 cm³/mol. The Hall–Kier alpha value is -6.65. The normalized spacial score (nSPS) is 11.3. The highest BCUT2D eigenvalue weighted by atomic mass is 16.3. The molecule has 0 fully saturated rings. The van der Waals surface area contributed by atoms with Crippen LogP contribution in [0, 0.1) is 0 Å². The summed E-state index contributed by atoms with van der Waals surface area (Å²) >= 11 is 0. The van der Waals surface area contributed by atoms with Gasteiger partial charge in [-0.25, -0.2) is 15.0 Å². The van der Waals surface area contributed by atoms with Crippen LogP contribution in [0.15, 0.2) is 180 Å². The van der Waals surface area contributed by atoms with Crippen molar-refractivity contribution in [3.63, 3.8) is 0 Å². The number of fused-ring (bicyclic) bond motifs is 3. The van der Waals surface area contributed by atoms with E-state index in [1.54, 1.807) is 0 Å². The Morgan fingerprint density at radius 1 is 0.306 bits per heavy atom. The van der Waals surface area contributed by atoms with Crippen molar-refractivity contribution >= 4 is 21.9 Å². The minimum absolute atomic E-state index is 0.589. The van der Waals surface area contributed by atoms with Gasteiger partial charge in [0.25, 0.3) is 0 Å². The van der Waals surface area contributed by atoms with E-state index in [2.05, 4.69) is 127 Å². The molecule has 0 aliphatic heterocycles. The van der Waals surface area contributed by atoms with Gasteiger partial charge in [-0.2, -0.15) is 0 Å². The van der Waals surface area contributed by atoms with Crippen LogP contribution < -0.4 is 0 Å². The monoisotopic (exact) mass is 627 g/mol. The lowest BCUT2D eigenvalue weighted by atomic mass is 9.96. The molecule has 0 atom stereocenters. The molecule has 0 bridgehead atoms. The number of benzene rings is 7. The summed E-state index contributed by atoms with van der Waals surface area (Å²) in [7, 11) is 0. The molecule has 9 aromatic rings. The number of hydrogen-bond acceptors (Lipinski definition) is 4. The first-order valence-electron chi connectivity index (χ1n) is 16.4. The number of hydrogen-bond donors (Lipinski definition) is 0. The lowest BCUT2D eigenvalue weighted by Gasteiger charge is -2.11. The number of para-hydroxylation sites is 1. The Balaban J connectivity index is 1.32. The summed E-state index contributed by atoms with van der Waals surface area (Å²) in [4.78, 5) is 15.4. The fourth-order valence-electron chi connectivity index (χ4n) is 6.59. The molecule has 0 amide bonds. The summed E-state index contributed by atoms with van der Waals surface area (Å²) in [6.07, 6.45) is 0. The molecule has 49 heavy (non-hydrogen) atoms. The van der Waals surface area contributed by atoms with E-state index < -0.39 is 0 Å². The molecule has 4 heteroatoms. The maximum Gasteiger partial charge on any atom is 0.164 e. The van der Waals surface area contributed by atoms with Crippen molar-refractivity contribution in [1.29, 1.82) is 0 Å². The standard InChI is InChI=1S/C45H29N3O/c1-5-15-30(16-6-1)34-23-13-24-35(29-34)44-46-43(33-21-11-4-12-22-33)47-45(48-44)39-28-27-37(32-19-9-3-10-20-32)42-40(39)38-26-14-25-36(41(38)49-42)31-17-7-2-8-18-31/h1-29H. The van der Waals surface area contributed by atoms with Crippen molar-refractivity contribution in [1.82, 2.24) is 15.0 Å². The van der Waals surface area contributed by atoms with Gasteiger partial charge in [0.05, 0.1) is 0 Å². The first-order chi connectivity index (χ1) is 24.3. The van der Waals surface area contributed by atoms with Crippen LogP contribution >= 0.6 is 0 Å². The fourth-order valence-corrected chi connectivity index (χ4v) is 6.59. The second kappa shape index (κ2) is 12.2. The van der Waals surface area contributed by atoms with Crippen molar-refractivity contribution in [3.8, 4) is 67.5 Å². The molecule has 9 rings (SSSR count). The van der Waals surface area contributed by atoms with E-state index in [9.17, 15) is 0 Å². The van der Waals surface area contributed by atoms with Gasteiger partial charge in [0.1, 0.15) is 11.2 Å². The van der Waals surface area contributed by atoms with Crippen LogP contribution in [0.1, 0.15) is 0 Å². The van der Waals surface area contributed by atoms with Gasteiger partial charge in [0, 0.05) is 38.6 Å². The van der Waals surface area contributed by atoms with Gasteiger partial charge in [0.15, 0.2) is 17.5 Å². The van der Waals surface area contributed by atoms with Crippen molar-refractivity contribution in [2.75, 3.05) is 0 Å². The van der Waals surface area contributed by atoms with Gasteiger partial charge in [0.2, 0.25) is 0 Å². The Morgan fingerprint density at radius 2 is 0.776 bits per heavy atom. The van der Waals surface area contributed by atoms with Gasteiger partial charge in [-0.1, -0.05) is 158 Å². The minimum atomic E-state index is 0.589. The van der Waals surface area contributed by atoms with E-state index in [4.69, 9.17) is 19.4 Å². The third kappa shape index (κ3) is 5.26. The highest BCUT2D eigenvalue weighted by Crippen LogP contribution is 2.44. The van der Waals surface area contributed by atoms with Crippen molar-refractivity contribution < 1.29 is 4.42 Å². The smallest absolute Gasteiger partial charge is 0.164 e. The van der Waals surface area contributed by atoms with Gasteiger partial charge >= 0.3 is 0 Å².